The van der Waals surface area contributed by atoms with Gasteiger partial charge in [0.15, 0.2) is 0 Å². The van der Waals surface area contributed by atoms with Crippen LogP contribution in [-0.2, 0) is 15.0 Å². The highest BCUT2D eigenvalue weighted by atomic mass is 32.2. The molecule has 1 aliphatic rings. The Morgan fingerprint density at radius 1 is 1.30 bits per heavy atom. The summed E-state index contributed by atoms with van der Waals surface area (Å²) in [5.41, 5.74) is 5.41. The van der Waals surface area contributed by atoms with Gasteiger partial charge in [-0.1, -0.05) is 13.8 Å². The molecule has 118 valence electrons. The third-order valence-electron chi connectivity index (χ3n) is 4.32. The van der Waals surface area contributed by atoms with Crippen molar-refractivity contribution in [3.63, 3.8) is 0 Å². The molecule has 1 aliphatic heterocycles. The topological polar surface area (TPSA) is 119 Å². The summed E-state index contributed by atoms with van der Waals surface area (Å²) in [6, 6.07) is 0. The number of hydrogen-bond donors (Lipinski definition) is 3. The largest absolute Gasteiger partial charge is 0.349 e. The molecule has 0 aromatic heterocycles. The fourth-order valence-electron chi connectivity index (χ4n) is 2.50. The second-order valence-electron chi connectivity index (χ2n) is 5.40. The first kappa shape index (κ1) is 17.4. The number of nitrogens with two attached hydrogens (primary N) is 2. The van der Waals surface area contributed by atoms with Crippen LogP contribution >= 0.6 is 0 Å². The first-order chi connectivity index (χ1) is 9.28. The molecule has 0 bridgehead atoms. The summed E-state index contributed by atoms with van der Waals surface area (Å²) in [4.78, 5) is 12.3. The lowest BCUT2D eigenvalue weighted by Crippen LogP contribution is -2.55. The molecule has 1 rings (SSSR count). The van der Waals surface area contributed by atoms with E-state index >= 15 is 0 Å². The van der Waals surface area contributed by atoms with Crippen LogP contribution in [0.4, 0.5) is 0 Å². The predicted octanol–water partition coefficient (Wildman–Crippen LogP) is -0.464. The standard InChI is InChI=1S/C12H26N4O3S/c1-3-12(4-2,9-13)15-11(17)10-5-7-16(8-6-10)20(14,18)19/h10H,3-9,13H2,1-2H3,(H,15,17)(H2,14,18,19). The number of rotatable bonds is 6. The minimum atomic E-state index is -3.64. The molecule has 5 N–H and O–H groups in total. The van der Waals surface area contributed by atoms with Crippen LogP contribution in [0.3, 0.4) is 0 Å². The van der Waals surface area contributed by atoms with Gasteiger partial charge in [-0.15, -0.1) is 0 Å². The molecule has 20 heavy (non-hydrogen) atoms. The Morgan fingerprint density at radius 3 is 2.15 bits per heavy atom. The summed E-state index contributed by atoms with van der Waals surface area (Å²) >= 11 is 0. The van der Waals surface area contributed by atoms with Crippen LogP contribution in [0.25, 0.3) is 0 Å². The molecule has 0 aliphatic carbocycles. The van der Waals surface area contributed by atoms with Gasteiger partial charge < -0.3 is 11.1 Å². The van der Waals surface area contributed by atoms with Crippen LogP contribution in [-0.4, -0.2) is 43.8 Å². The van der Waals surface area contributed by atoms with E-state index in [4.69, 9.17) is 10.9 Å². The summed E-state index contributed by atoms with van der Waals surface area (Å²) < 4.78 is 23.6. The van der Waals surface area contributed by atoms with E-state index in [9.17, 15) is 13.2 Å². The normalized spacial score (nSPS) is 19.0. The smallest absolute Gasteiger partial charge is 0.276 e. The van der Waals surface area contributed by atoms with Crippen molar-refractivity contribution < 1.29 is 13.2 Å². The second-order valence-corrected chi connectivity index (χ2v) is 6.95. The van der Waals surface area contributed by atoms with Crippen molar-refractivity contribution in [2.45, 2.75) is 45.1 Å². The highest BCUT2D eigenvalue weighted by molar-refractivity contribution is 7.86. The third kappa shape index (κ3) is 4.15. The van der Waals surface area contributed by atoms with Crippen molar-refractivity contribution in [2.24, 2.45) is 16.8 Å². The Morgan fingerprint density at radius 2 is 1.80 bits per heavy atom. The number of hydrogen-bond acceptors (Lipinski definition) is 4. The average Bonchev–Trinajstić information content (AvgIpc) is 2.44. The van der Waals surface area contributed by atoms with E-state index in [1.165, 1.54) is 4.31 Å². The zero-order valence-corrected chi connectivity index (χ0v) is 13.1. The van der Waals surface area contributed by atoms with Crippen molar-refractivity contribution in [1.29, 1.82) is 0 Å². The number of amides is 1. The maximum atomic E-state index is 12.3. The van der Waals surface area contributed by atoms with E-state index in [2.05, 4.69) is 5.32 Å². The zero-order valence-electron chi connectivity index (χ0n) is 12.3. The van der Waals surface area contributed by atoms with Crippen LogP contribution in [0.15, 0.2) is 0 Å². The number of carbonyl (C=O) groups excluding carboxylic acids is 1. The zero-order chi connectivity index (χ0) is 15.4. The van der Waals surface area contributed by atoms with Crippen molar-refractivity contribution in [3.05, 3.63) is 0 Å². The molecule has 0 atom stereocenters. The SMILES string of the molecule is CCC(CC)(CN)NC(=O)C1CCN(S(N)(=O)=O)CC1. The van der Waals surface area contributed by atoms with Gasteiger partial charge in [-0.2, -0.15) is 12.7 Å². The first-order valence-electron chi connectivity index (χ1n) is 7.08. The van der Waals surface area contributed by atoms with Crippen LogP contribution < -0.4 is 16.2 Å². The van der Waals surface area contributed by atoms with E-state index in [0.717, 1.165) is 12.8 Å². The monoisotopic (exact) mass is 306 g/mol. The van der Waals surface area contributed by atoms with Crippen LogP contribution in [0.1, 0.15) is 39.5 Å². The molecule has 0 radical (unpaired) electrons. The molecule has 0 saturated carbocycles. The summed E-state index contributed by atoms with van der Waals surface area (Å²) in [5.74, 6) is -0.203. The van der Waals surface area contributed by atoms with Crippen LogP contribution in [0.5, 0.6) is 0 Å². The van der Waals surface area contributed by atoms with Gasteiger partial charge in [-0.3, -0.25) is 4.79 Å². The Bertz CT molecular complexity index is 418. The Kier molecular flexibility index (Phi) is 5.93. The minimum Gasteiger partial charge on any atom is -0.349 e. The maximum absolute atomic E-state index is 12.3. The molecule has 1 heterocycles. The summed E-state index contributed by atoms with van der Waals surface area (Å²) in [7, 11) is -3.64. The fraction of sp³-hybridized carbons (Fsp3) is 0.917. The number of piperidine rings is 1. The fourth-order valence-corrected chi connectivity index (χ4v) is 3.22. The van der Waals surface area contributed by atoms with Crippen LogP contribution in [0, 0.1) is 5.92 Å². The molecule has 0 aromatic rings. The molecule has 0 spiro atoms. The van der Waals surface area contributed by atoms with Crippen molar-refractivity contribution >= 4 is 16.1 Å². The molecular formula is C12H26N4O3S. The van der Waals surface area contributed by atoms with Crippen LogP contribution in [0.2, 0.25) is 0 Å². The van der Waals surface area contributed by atoms with Crippen molar-refractivity contribution in [2.75, 3.05) is 19.6 Å². The number of nitrogens with one attached hydrogen (secondary N) is 1. The minimum absolute atomic E-state index is 0.0341. The van der Waals surface area contributed by atoms with Gasteiger partial charge in [0.05, 0.1) is 5.54 Å². The lowest BCUT2D eigenvalue weighted by Gasteiger charge is -2.35. The Hall–Kier alpha value is -0.700. The quantitative estimate of drug-likeness (QED) is 0.615. The molecule has 7 nitrogen and oxygen atoms in total. The number of carbonyl (C=O) groups is 1. The van der Waals surface area contributed by atoms with Gasteiger partial charge in [-0.25, -0.2) is 5.14 Å². The van der Waals surface area contributed by atoms with Crippen molar-refractivity contribution in [3.8, 4) is 0 Å². The molecule has 1 fully saturated rings. The summed E-state index contributed by atoms with van der Waals surface area (Å²) in [6.45, 7) is 5.00. The van der Waals surface area contributed by atoms with E-state index in [0.29, 0.717) is 32.5 Å². The lowest BCUT2D eigenvalue weighted by atomic mass is 9.90. The summed E-state index contributed by atoms with van der Waals surface area (Å²) in [5, 5.41) is 8.12. The summed E-state index contributed by atoms with van der Waals surface area (Å²) in [6.07, 6.45) is 2.55. The van der Waals surface area contributed by atoms with Gasteiger partial charge in [0.25, 0.3) is 10.2 Å². The van der Waals surface area contributed by atoms with E-state index in [-0.39, 0.29) is 17.4 Å². The highest BCUT2D eigenvalue weighted by Crippen LogP contribution is 2.21. The van der Waals surface area contributed by atoms with E-state index in [1.54, 1.807) is 0 Å². The Balaban J connectivity index is 2.59. The average molecular weight is 306 g/mol. The third-order valence-corrected chi connectivity index (χ3v) is 5.40. The van der Waals surface area contributed by atoms with Gasteiger partial charge in [0.2, 0.25) is 5.91 Å². The van der Waals surface area contributed by atoms with Crippen molar-refractivity contribution in [1.82, 2.24) is 9.62 Å². The lowest BCUT2D eigenvalue weighted by molar-refractivity contribution is -0.128. The highest BCUT2D eigenvalue weighted by Gasteiger charge is 2.33. The van der Waals surface area contributed by atoms with Gasteiger partial charge in [0, 0.05) is 25.6 Å². The Labute approximate surface area is 121 Å². The second kappa shape index (κ2) is 6.84. The molecular weight excluding hydrogens is 280 g/mol. The van der Waals surface area contributed by atoms with Gasteiger partial charge in [-0.05, 0) is 25.7 Å². The van der Waals surface area contributed by atoms with E-state index in [1.807, 2.05) is 13.8 Å². The number of nitrogens with zero attached hydrogens (tertiary/aromatic N) is 1. The molecule has 8 heteroatoms. The molecule has 1 amide bonds. The predicted molar refractivity (Wildman–Crippen MR) is 77.9 cm³/mol. The maximum Gasteiger partial charge on any atom is 0.276 e. The van der Waals surface area contributed by atoms with E-state index < -0.39 is 10.2 Å². The van der Waals surface area contributed by atoms with Gasteiger partial charge >= 0.3 is 0 Å². The first-order valence-corrected chi connectivity index (χ1v) is 8.58. The van der Waals surface area contributed by atoms with Gasteiger partial charge in [0.1, 0.15) is 0 Å². The molecule has 0 unspecified atom stereocenters. The molecule has 1 saturated heterocycles. The molecule has 0 aromatic carbocycles.